The highest BCUT2D eigenvalue weighted by Gasteiger charge is 2.26. The Kier molecular flexibility index (Phi) is 5.32. The molecule has 0 amide bonds. The Morgan fingerprint density at radius 2 is 1.30 bits per heavy atom. The van der Waals surface area contributed by atoms with E-state index in [1.807, 2.05) is 30.3 Å². The number of carboxylic acids is 1. The molecule has 2 fully saturated rings. The third-order valence-corrected chi connectivity index (χ3v) is 5.49. The lowest BCUT2D eigenvalue weighted by Crippen LogP contribution is -2.22. The van der Waals surface area contributed by atoms with Crippen molar-refractivity contribution in [3.8, 4) is 0 Å². The highest BCUT2D eigenvalue weighted by Crippen LogP contribution is 2.40. The van der Waals surface area contributed by atoms with E-state index in [2.05, 4.69) is 0 Å². The van der Waals surface area contributed by atoms with Crippen molar-refractivity contribution in [2.24, 2.45) is 11.8 Å². The molecule has 1 N–H and O–H groups in total. The number of hydrogen-bond donors (Lipinski definition) is 1. The molecule has 2 saturated carbocycles. The van der Waals surface area contributed by atoms with Gasteiger partial charge in [-0.15, -0.1) is 0 Å². The molecule has 0 aromatic heterocycles. The van der Waals surface area contributed by atoms with Crippen LogP contribution in [0, 0.1) is 11.8 Å². The summed E-state index contributed by atoms with van der Waals surface area (Å²) in [6.45, 7) is 0. The Morgan fingerprint density at radius 3 is 1.87 bits per heavy atom. The fraction of sp³-hybridized carbons (Fsp3) is 0.476. The molecule has 2 aromatic carbocycles. The van der Waals surface area contributed by atoms with E-state index >= 15 is 0 Å². The van der Waals surface area contributed by atoms with Gasteiger partial charge in [-0.1, -0.05) is 87.8 Å². The van der Waals surface area contributed by atoms with Gasteiger partial charge in [0.2, 0.25) is 0 Å². The van der Waals surface area contributed by atoms with E-state index in [4.69, 9.17) is 5.11 Å². The molecule has 4 rings (SSSR count). The summed E-state index contributed by atoms with van der Waals surface area (Å²) in [5, 5.41) is 10.6. The van der Waals surface area contributed by atoms with Gasteiger partial charge in [0.05, 0.1) is 5.56 Å². The number of benzene rings is 2. The van der Waals surface area contributed by atoms with Gasteiger partial charge in [-0.25, -0.2) is 4.79 Å². The second-order valence-electron chi connectivity index (χ2n) is 6.92. The van der Waals surface area contributed by atoms with Gasteiger partial charge >= 0.3 is 5.97 Å². The van der Waals surface area contributed by atoms with Crippen LogP contribution < -0.4 is 0 Å². The summed E-state index contributed by atoms with van der Waals surface area (Å²) in [7, 11) is 0. The van der Waals surface area contributed by atoms with Crippen molar-refractivity contribution in [2.45, 2.75) is 51.4 Å². The van der Waals surface area contributed by atoms with Crippen molar-refractivity contribution in [1.82, 2.24) is 0 Å². The van der Waals surface area contributed by atoms with Crippen LogP contribution in [-0.2, 0) is 0 Å². The number of carbonyl (C=O) groups is 1. The van der Waals surface area contributed by atoms with E-state index in [1.165, 1.54) is 25.7 Å². The fourth-order valence-corrected chi connectivity index (χ4v) is 4.27. The minimum absolute atomic E-state index is 0.359. The highest BCUT2D eigenvalue weighted by molar-refractivity contribution is 6.03. The van der Waals surface area contributed by atoms with Crippen molar-refractivity contribution in [3.05, 3.63) is 48.0 Å². The summed E-state index contributed by atoms with van der Waals surface area (Å²) in [4.78, 5) is 10.8. The number of fused-ring (bicyclic) bond motifs is 2. The average Bonchev–Trinajstić information content (AvgIpc) is 2.62. The summed E-state index contributed by atoms with van der Waals surface area (Å²) in [5.41, 5.74) is 0.359. The lowest BCUT2D eigenvalue weighted by Gasteiger charge is -2.35. The summed E-state index contributed by atoms with van der Waals surface area (Å²) in [5.74, 6) is 1.43. The maximum Gasteiger partial charge on any atom is 0.336 e. The largest absolute Gasteiger partial charge is 0.478 e. The molecule has 2 aliphatic rings. The van der Waals surface area contributed by atoms with Gasteiger partial charge in [-0.3, -0.25) is 0 Å². The van der Waals surface area contributed by atoms with E-state index in [9.17, 15) is 4.79 Å². The molecular formula is C21H26O2. The van der Waals surface area contributed by atoms with Gasteiger partial charge in [0.25, 0.3) is 0 Å². The number of hydrogen-bond acceptors (Lipinski definition) is 1. The van der Waals surface area contributed by atoms with Crippen molar-refractivity contribution < 1.29 is 9.90 Å². The van der Waals surface area contributed by atoms with Crippen LogP contribution >= 0.6 is 0 Å². The minimum atomic E-state index is -0.878. The number of rotatable bonds is 1. The quantitative estimate of drug-likeness (QED) is 0.711. The maximum atomic E-state index is 10.8. The summed E-state index contributed by atoms with van der Waals surface area (Å²) in [6.07, 6.45) is 12.4. The van der Waals surface area contributed by atoms with Gasteiger partial charge in [0, 0.05) is 0 Å². The monoisotopic (exact) mass is 310 g/mol. The van der Waals surface area contributed by atoms with Crippen molar-refractivity contribution in [3.63, 3.8) is 0 Å². The molecule has 2 heteroatoms. The topological polar surface area (TPSA) is 37.3 Å². The number of aromatic carboxylic acids is 1. The molecule has 0 unspecified atom stereocenters. The van der Waals surface area contributed by atoms with Crippen molar-refractivity contribution >= 4 is 16.7 Å². The first kappa shape index (κ1) is 16.0. The first-order valence-corrected chi connectivity index (χ1v) is 8.97. The van der Waals surface area contributed by atoms with Crippen LogP contribution in [0.5, 0.6) is 0 Å². The third kappa shape index (κ3) is 3.93. The molecule has 0 radical (unpaired) electrons. The van der Waals surface area contributed by atoms with Gasteiger partial charge in [0.15, 0.2) is 0 Å². The zero-order valence-electron chi connectivity index (χ0n) is 13.7. The molecule has 2 aliphatic carbocycles. The van der Waals surface area contributed by atoms with Crippen LogP contribution in [0.15, 0.2) is 42.5 Å². The van der Waals surface area contributed by atoms with Crippen LogP contribution in [0.1, 0.15) is 61.7 Å². The highest BCUT2D eigenvalue weighted by atomic mass is 16.4. The zero-order valence-corrected chi connectivity index (χ0v) is 13.7. The standard InChI is InChI=1S/C11H8O2.C10H18/c12-11(13)10-7-3-5-8-4-1-2-6-9(8)10;1-2-6-10-8-4-3-7-9(10)5-1/h1-7H,(H,12,13);9-10H,1-8H2. The smallest absolute Gasteiger partial charge is 0.336 e. The Morgan fingerprint density at radius 1 is 0.783 bits per heavy atom. The molecule has 23 heavy (non-hydrogen) atoms. The predicted molar refractivity (Wildman–Crippen MR) is 94.8 cm³/mol. The second-order valence-corrected chi connectivity index (χ2v) is 6.92. The summed E-state index contributed by atoms with van der Waals surface area (Å²) >= 11 is 0. The van der Waals surface area contributed by atoms with E-state index < -0.39 is 5.97 Å². The molecule has 0 atom stereocenters. The molecule has 0 aliphatic heterocycles. The average molecular weight is 310 g/mol. The summed E-state index contributed by atoms with van der Waals surface area (Å²) in [6, 6.07) is 12.7. The van der Waals surface area contributed by atoms with Gasteiger partial charge in [-0.05, 0) is 28.7 Å². The van der Waals surface area contributed by atoms with Crippen LogP contribution in [0.4, 0.5) is 0 Å². The summed E-state index contributed by atoms with van der Waals surface area (Å²) < 4.78 is 0. The van der Waals surface area contributed by atoms with Crippen molar-refractivity contribution in [1.29, 1.82) is 0 Å². The molecule has 0 spiro atoms. The van der Waals surface area contributed by atoms with Gasteiger partial charge in [0.1, 0.15) is 0 Å². The molecular weight excluding hydrogens is 284 g/mol. The van der Waals surface area contributed by atoms with Gasteiger partial charge < -0.3 is 5.11 Å². The molecule has 2 aromatic rings. The molecule has 0 saturated heterocycles. The van der Waals surface area contributed by atoms with Crippen LogP contribution in [0.3, 0.4) is 0 Å². The van der Waals surface area contributed by atoms with Crippen LogP contribution in [0.2, 0.25) is 0 Å². The SMILES string of the molecule is C1CCC2CCCCC2C1.O=C(O)c1cccc2ccccc12. The fourth-order valence-electron chi connectivity index (χ4n) is 4.27. The second kappa shape index (κ2) is 7.63. The third-order valence-electron chi connectivity index (χ3n) is 5.49. The Bertz CT molecular complexity index is 630. The molecule has 0 bridgehead atoms. The normalized spacial score (nSPS) is 23.5. The lowest BCUT2D eigenvalue weighted by molar-refractivity contribution is 0.0699. The predicted octanol–water partition coefficient (Wildman–Crippen LogP) is 5.90. The number of carboxylic acid groups (broad SMARTS) is 1. The van der Waals surface area contributed by atoms with E-state index in [-0.39, 0.29) is 0 Å². The molecule has 0 heterocycles. The van der Waals surface area contributed by atoms with E-state index in [1.54, 1.807) is 37.8 Å². The Labute approximate surface area is 138 Å². The van der Waals surface area contributed by atoms with E-state index in [0.29, 0.717) is 5.56 Å². The lowest BCUT2D eigenvalue weighted by atomic mass is 9.71. The Hall–Kier alpha value is -1.83. The first-order chi connectivity index (χ1) is 11.3. The first-order valence-electron chi connectivity index (χ1n) is 8.97. The zero-order chi connectivity index (χ0) is 16.1. The molecule has 122 valence electrons. The van der Waals surface area contributed by atoms with Crippen LogP contribution in [0.25, 0.3) is 10.8 Å². The molecule has 2 nitrogen and oxygen atoms in total. The maximum absolute atomic E-state index is 10.8. The minimum Gasteiger partial charge on any atom is -0.478 e. The van der Waals surface area contributed by atoms with Gasteiger partial charge in [-0.2, -0.15) is 0 Å². The van der Waals surface area contributed by atoms with Crippen molar-refractivity contribution in [2.75, 3.05) is 0 Å². The Balaban J connectivity index is 0.000000140. The van der Waals surface area contributed by atoms with E-state index in [0.717, 1.165) is 22.6 Å². The van der Waals surface area contributed by atoms with Crippen LogP contribution in [-0.4, -0.2) is 11.1 Å².